The van der Waals surface area contributed by atoms with Crippen molar-refractivity contribution in [3.63, 3.8) is 0 Å². The van der Waals surface area contributed by atoms with Gasteiger partial charge in [0.2, 0.25) is 0 Å². The van der Waals surface area contributed by atoms with E-state index in [1.165, 1.54) is 11.6 Å². The molecular formula is C17H16N4O2. The van der Waals surface area contributed by atoms with E-state index in [4.69, 9.17) is 0 Å². The molecule has 3 rings (SSSR count). The number of hydrogen-bond donors (Lipinski definition) is 1. The SMILES string of the molecule is O=[N+]([O-])c1ccccc1NCc1nccn1Cc1ccccc1. The number of para-hydroxylation sites is 2. The van der Waals surface area contributed by atoms with Gasteiger partial charge in [0.1, 0.15) is 11.5 Å². The fourth-order valence-corrected chi connectivity index (χ4v) is 2.39. The van der Waals surface area contributed by atoms with Crippen molar-refractivity contribution in [2.75, 3.05) is 5.32 Å². The molecule has 0 amide bonds. The van der Waals surface area contributed by atoms with E-state index in [2.05, 4.69) is 22.4 Å². The molecule has 0 atom stereocenters. The molecule has 0 aliphatic rings. The molecular weight excluding hydrogens is 292 g/mol. The van der Waals surface area contributed by atoms with Gasteiger partial charge in [-0.3, -0.25) is 10.1 Å². The van der Waals surface area contributed by atoms with Gasteiger partial charge in [0.15, 0.2) is 0 Å². The molecule has 1 heterocycles. The number of rotatable bonds is 6. The number of aromatic nitrogens is 2. The summed E-state index contributed by atoms with van der Waals surface area (Å²) in [5.41, 5.74) is 1.73. The Morgan fingerprint density at radius 3 is 2.61 bits per heavy atom. The largest absolute Gasteiger partial charge is 0.372 e. The predicted octanol–water partition coefficient (Wildman–Crippen LogP) is 3.45. The average Bonchev–Trinajstić information content (AvgIpc) is 3.01. The van der Waals surface area contributed by atoms with E-state index in [9.17, 15) is 10.1 Å². The minimum absolute atomic E-state index is 0.0636. The highest BCUT2D eigenvalue weighted by molar-refractivity contribution is 5.60. The summed E-state index contributed by atoms with van der Waals surface area (Å²) in [5, 5.41) is 14.1. The molecule has 0 saturated carbocycles. The van der Waals surface area contributed by atoms with Gasteiger partial charge in [-0.05, 0) is 11.6 Å². The number of benzene rings is 2. The molecule has 0 aliphatic carbocycles. The molecule has 2 aromatic carbocycles. The molecule has 23 heavy (non-hydrogen) atoms. The van der Waals surface area contributed by atoms with Crippen molar-refractivity contribution in [3.8, 4) is 0 Å². The zero-order chi connectivity index (χ0) is 16.1. The summed E-state index contributed by atoms with van der Waals surface area (Å²) in [4.78, 5) is 15.0. The summed E-state index contributed by atoms with van der Waals surface area (Å²) >= 11 is 0. The fourth-order valence-electron chi connectivity index (χ4n) is 2.39. The maximum Gasteiger partial charge on any atom is 0.292 e. The smallest absolute Gasteiger partial charge is 0.292 e. The van der Waals surface area contributed by atoms with Crippen molar-refractivity contribution < 1.29 is 4.92 Å². The van der Waals surface area contributed by atoms with Crippen LogP contribution in [0.25, 0.3) is 0 Å². The van der Waals surface area contributed by atoms with Crippen LogP contribution in [-0.2, 0) is 13.1 Å². The first-order valence-corrected chi connectivity index (χ1v) is 7.25. The number of hydrogen-bond acceptors (Lipinski definition) is 4. The van der Waals surface area contributed by atoms with Gasteiger partial charge in [-0.1, -0.05) is 42.5 Å². The van der Waals surface area contributed by atoms with E-state index in [-0.39, 0.29) is 5.69 Å². The van der Waals surface area contributed by atoms with Crippen LogP contribution in [0.1, 0.15) is 11.4 Å². The molecule has 1 N–H and O–H groups in total. The molecule has 0 spiro atoms. The van der Waals surface area contributed by atoms with Crippen LogP contribution in [0.15, 0.2) is 67.0 Å². The molecule has 3 aromatic rings. The van der Waals surface area contributed by atoms with Gasteiger partial charge in [-0.25, -0.2) is 4.98 Å². The Kier molecular flexibility index (Phi) is 4.33. The lowest BCUT2D eigenvalue weighted by Crippen LogP contribution is -2.10. The van der Waals surface area contributed by atoms with E-state index in [0.29, 0.717) is 12.2 Å². The van der Waals surface area contributed by atoms with Crippen LogP contribution < -0.4 is 5.32 Å². The topological polar surface area (TPSA) is 73.0 Å². The highest BCUT2D eigenvalue weighted by atomic mass is 16.6. The summed E-state index contributed by atoms with van der Waals surface area (Å²) in [5.74, 6) is 0.826. The van der Waals surface area contributed by atoms with Gasteiger partial charge < -0.3 is 9.88 Å². The van der Waals surface area contributed by atoms with Gasteiger partial charge in [-0.2, -0.15) is 0 Å². The summed E-state index contributed by atoms with van der Waals surface area (Å²) in [7, 11) is 0. The first-order chi connectivity index (χ1) is 11.2. The monoisotopic (exact) mass is 308 g/mol. The highest BCUT2D eigenvalue weighted by Gasteiger charge is 2.12. The summed E-state index contributed by atoms with van der Waals surface area (Å²) in [6.45, 7) is 1.14. The van der Waals surface area contributed by atoms with Crippen molar-refractivity contribution in [3.05, 3.63) is 88.5 Å². The van der Waals surface area contributed by atoms with Crippen LogP contribution in [0.5, 0.6) is 0 Å². The third-order valence-electron chi connectivity index (χ3n) is 3.54. The van der Waals surface area contributed by atoms with Gasteiger partial charge in [0, 0.05) is 25.0 Å². The van der Waals surface area contributed by atoms with E-state index in [1.807, 2.05) is 29.0 Å². The van der Waals surface area contributed by atoms with Crippen LogP contribution in [0, 0.1) is 10.1 Å². The predicted molar refractivity (Wildman–Crippen MR) is 88.2 cm³/mol. The Labute approximate surface area is 133 Å². The number of nitrogens with zero attached hydrogens (tertiary/aromatic N) is 3. The molecule has 0 radical (unpaired) electrons. The summed E-state index contributed by atoms with van der Waals surface area (Å²) in [6, 6.07) is 16.7. The normalized spacial score (nSPS) is 10.4. The quantitative estimate of drug-likeness (QED) is 0.559. The maximum absolute atomic E-state index is 11.0. The maximum atomic E-state index is 11.0. The lowest BCUT2D eigenvalue weighted by molar-refractivity contribution is -0.384. The second-order valence-electron chi connectivity index (χ2n) is 5.08. The molecule has 6 heteroatoms. The van der Waals surface area contributed by atoms with Gasteiger partial charge >= 0.3 is 0 Å². The Bertz CT molecular complexity index is 799. The number of nitro benzene ring substituents is 1. The number of anilines is 1. The second-order valence-corrected chi connectivity index (χ2v) is 5.08. The highest BCUT2D eigenvalue weighted by Crippen LogP contribution is 2.23. The minimum atomic E-state index is -0.390. The Morgan fingerprint density at radius 1 is 1.09 bits per heavy atom. The van der Waals surface area contributed by atoms with E-state index in [1.54, 1.807) is 24.4 Å². The van der Waals surface area contributed by atoms with Crippen LogP contribution in [-0.4, -0.2) is 14.5 Å². The van der Waals surface area contributed by atoms with Crippen molar-refractivity contribution in [2.45, 2.75) is 13.1 Å². The van der Waals surface area contributed by atoms with Crippen LogP contribution >= 0.6 is 0 Å². The molecule has 0 bridgehead atoms. The third kappa shape index (κ3) is 3.55. The van der Waals surface area contributed by atoms with Gasteiger partial charge in [0.25, 0.3) is 5.69 Å². The van der Waals surface area contributed by atoms with Gasteiger partial charge in [0.05, 0.1) is 11.5 Å². The van der Waals surface area contributed by atoms with Gasteiger partial charge in [-0.15, -0.1) is 0 Å². The van der Waals surface area contributed by atoms with Crippen molar-refractivity contribution >= 4 is 11.4 Å². The summed E-state index contributed by atoms with van der Waals surface area (Å²) in [6.07, 6.45) is 3.64. The number of nitro groups is 1. The fraction of sp³-hybridized carbons (Fsp3) is 0.118. The van der Waals surface area contributed by atoms with E-state index in [0.717, 1.165) is 12.4 Å². The van der Waals surface area contributed by atoms with Crippen molar-refractivity contribution in [2.24, 2.45) is 0 Å². The second kappa shape index (κ2) is 6.74. The molecule has 0 saturated heterocycles. The summed E-state index contributed by atoms with van der Waals surface area (Å²) < 4.78 is 2.02. The lowest BCUT2D eigenvalue weighted by Gasteiger charge is -2.10. The number of nitrogens with one attached hydrogen (secondary N) is 1. The molecule has 0 unspecified atom stereocenters. The first-order valence-electron chi connectivity index (χ1n) is 7.25. The third-order valence-corrected chi connectivity index (χ3v) is 3.54. The van der Waals surface area contributed by atoms with E-state index >= 15 is 0 Å². The zero-order valence-corrected chi connectivity index (χ0v) is 12.4. The van der Waals surface area contributed by atoms with Crippen LogP contribution in [0.3, 0.4) is 0 Å². The van der Waals surface area contributed by atoms with E-state index < -0.39 is 4.92 Å². The molecule has 0 aliphatic heterocycles. The Balaban J connectivity index is 1.73. The average molecular weight is 308 g/mol. The van der Waals surface area contributed by atoms with Crippen LogP contribution in [0.2, 0.25) is 0 Å². The van der Waals surface area contributed by atoms with Crippen LogP contribution in [0.4, 0.5) is 11.4 Å². The van der Waals surface area contributed by atoms with Crippen molar-refractivity contribution in [1.82, 2.24) is 9.55 Å². The minimum Gasteiger partial charge on any atom is -0.372 e. The molecule has 0 fully saturated rings. The number of imidazole rings is 1. The zero-order valence-electron chi connectivity index (χ0n) is 12.4. The van der Waals surface area contributed by atoms with Crippen molar-refractivity contribution in [1.29, 1.82) is 0 Å². The molecule has 1 aromatic heterocycles. The molecule has 6 nitrogen and oxygen atoms in total. The first kappa shape index (κ1) is 14.8. The lowest BCUT2D eigenvalue weighted by atomic mass is 10.2. The Hall–Kier alpha value is -3.15. The standard InChI is InChI=1S/C17H16N4O2/c22-21(23)16-9-5-4-8-15(16)19-12-17-18-10-11-20(17)13-14-6-2-1-3-7-14/h1-11,19H,12-13H2. The molecule has 116 valence electrons. The Morgan fingerprint density at radius 2 is 1.83 bits per heavy atom.